The molecule has 0 aliphatic rings. The van der Waals surface area contributed by atoms with Crippen LogP contribution in [0.4, 0.5) is 0 Å². The van der Waals surface area contributed by atoms with Gasteiger partial charge in [-0.2, -0.15) is 5.10 Å². The Hall–Kier alpha value is -2.59. The Morgan fingerprint density at radius 2 is 1.81 bits per heavy atom. The van der Waals surface area contributed by atoms with Gasteiger partial charge >= 0.3 is 5.97 Å². The zero-order valence-corrected chi connectivity index (χ0v) is 11.6. The molecule has 0 aliphatic heterocycles. The minimum atomic E-state index is -0.952. The van der Waals surface area contributed by atoms with E-state index in [4.69, 9.17) is 16.7 Å². The second-order valence-electron chi connectivity index (χ2n) is 4.56. The van der Waals surface area contributed by atoms with Crippen LogP contribution in [0.3, 0.4) is 0 Å². The summed E-state index contributed by atoms with van der Waals surface area (Å²) in [6.07, 6.45) is 0. The molecule has 1 aromatic heterocycles. The van der Waals surface area contributed by atoms with Crippen molar-refractivity contribution < 1.29 is 9.90 Å². The van der Waals surface area contributed by atoms with E-state index in [0.29, 0.717) is 5.02 Å². The van der Waals surface area contributed by atoms with Crippen LogP contribution >= 0.6 is 11.6 Å². The van der Waals surface area contributed by atoms with Crippen molar-refractivity contribution in [3.05, 3.63) is 65.2 Å². The summed E-state index contributed by atoms with van der Waals surface area (Å²) in [5.41, 5.74) is 3.43. The molecule has 0 atom stereocenters. The van der Waals surface area contributed by atoms with Crippen LogP contribution in [0.25, 0.3) is 22.5 Å². The standard InChI is InChI=1S/C16H11ClN2O2/c17-13-6-2-4-11(8-13)15-9-14(18-19-15)10-3-1-5-12(7-10)16(20)21/h1-9H,(H,18,19)(H,20,21). The summed E-state index contributed by atoms with van der Waals surface area (Å²) in [5.74, 6) is -0.952. The van der Waals surface area contributed by atoms with Crippen LogP contribution in [0, 0.1) is 0 Å². The maximum Gasteiger partial charge on any atom is 0.335 e. The molecular weight excluding hydrogens is 288 g/mol. The number of aromatic carboxylic acids is 1. The van der Waals surface area contributed by atoms with Crippen molar-refractivity contribution in [1.82, 2.24) is 10.2 Å². The fourth-order valence-electron chi connectivity index (χ4n) is 2.09. The maximum absolute atomic E-state index is 11.0. The highest BCUT2D eigenvalue weighted by atomic mass is 35.5. The number of aromatic amines is 1. The summed E-state index contributed by atoms with van der Waals surface area (Å²) >= 11 is 5.97. The topological polar surface area (TPSA) is 66.0 Å². The smallest absolute Gasteiger partial charge is 0.335 e. The van der Waals surface area contributed by atoms with Crippen LogP contribution in [-0.2, 0) is 0 Å². The molecular formula is C16H11ClN2O2. The minimum Gasteiger partial charge on any atom is -0.478 e. The zero-order valence-electron chi connectivity index (χ0n) is 10.9. The summed E-state index contributed by atoms with van der Waals surface area (Å²) < 4.78 is 0. The molecule has 21 heavy (non-hydrogen) atoms. The number of H-pyrrole nitrogens is 1. The number of carbonyl (C=O) groups is 1. The van der Waals surface area contributed by atoms with E-state index in [1.54, 1.807) is 24.3 Å². The predicted molar refractivity (Wildman–Crippen MR) is 81.4 cm³/mol. The van der Waals surface area contributed by atoms with Gasteiger partial charge in [0.2, 0.25) is 0 Å². The van der Waals surface area contributed by atoms with Crippen LogP contribution in [0.5, 0.6) is 0 Å². The van der Waals surface area contributed by atoms with Gasteiger partial charge in [-0.15, -0.1) is 0 Å². The average molecular weight is 299 g/mol. The second kappa shape index (κ2) is 5.42. The zero-order chi connectivity index (χ0) is 14.8. The van der Waals surface area contributed by atoms with E-state index in [0.717, 1.165) is 22.5 Å². The fourth-order valence-corrected chi connectivity index (χ4v) is 2.28. The highest BCUT2D eigenvalue weighted by Crippen LogP contribution is 2.26. The van der Waals surface area contributed by atoms with Gasteiger partial charge in [0.1, 0.15) is 0 Å². The third kappa shape index (κ3) is 2.80. The van der Waals surface area contributed by atoms with E-state index in [9.17, 15) is 4.79 Å². The normalized spacial score (nSPS) is 10.5. The van der Waals surface area contributed by atoms with Crippen molar-refractivity contribution in [2.45, 2.75) is 0 Å². The van der Waals surface area contributed by atoms with Crippen LogP contribution in [0.15, 0.2) is 54.6 Å². The number of aromatic nitrogens is 2. The Morgan fingerprint density at radius 3 is 2.57 bits per heavy atom. The average Bonchev–Trinajstić information content (AvgIpc) is 2.97. The Kier molecular flexibility index (Phi) is 3.46. The number of rotatable bonds is 3. The molecule has 0 saturated heterocycles. The van der Waals surface area contributed by atoms with Gasteiger partial charge in [0.25, 0.3) is 0 Å². The first-order valence-corrected chi connectivity index (χ1v) is 6.66. The van der Waals surface area contributed by atoms with Gasteiger partial charge in [0.05, 0.1) is 17.0 Å². The summed E-state index contributed by atoms with van der Waals surface area (Å²) in [5, 5.41) is 16.8. The number of benzene rings is 2. The molecule has 3 rings (SSSR count). The number of carboxylic acid groups (broad SMARTS) is 1. The Balaban J connectivity index is 1.98. The first kappa shape index (κ1) is 13.4. The van der Waals surface area contributed by atoms with E-state index in [2.05, 4.69) is 10.2 Å². The van der Waals surface area contributed by atoms with E-state index < -0.39 is 5.97 Å². The maximum atomic E-state index is 11.0. The monoisotopic (exact) mass is 298 g/mol. The van der Waals surface area contributed by atoms with Crippen molar-refractivity contribution in [3.8, 4) is 22.5 Å². The van der Waals surface area contributed by atoms with Gasteiger partial charge in [-0.05, 0) is 30.3 Å². The molecule has 0 radical (unpaired) electrons. The first-order valence-electron chi connectivity index (χ1n) is 6.28. The first-order chi connectivity index (χ1) is 10.1. The lowest BCUT2D eigenvalue weighted by molar-refractivity contribution is 0.0697. The molecule has 3 aromatic rings. The third-order valence-corrected chi connectivity index (χ3v) is 3.35. The molecule has 2 aromatic carbocycles. The molecule has 4 nitrogen and oxygen atoms in total. The van der Waals surface area contributed by atoms with Gasteiger partial charge in [0.15, 0.2) is 0 Å². The number of halogens is 1. The van der Waals surface area contributed by atoms with Crippen molar-refractivity contribution in [2.24, 2.45) is 0 Å². The molecule has 2 N–H and O–H groups in total. The fraction of sp³-hybridized carbons (Fsp3) is 0. The summed E-state index contributed by atoms with van der Waals surface area (Å²) in [6, 6.07) is 16.0. The lowest BCUT2D eigenvalue weighted by Crippen LogP contribution is -1.95. The molecule has 0 aliphatic carbocycles. The van der Waals surface area contributed by atoms with Crippen LogP contribution in [0.1, 0.15) is 10.4 Å². The number of nitrogens with zero attached hydrogens (tertiary/aromatic N) is 1. The van der Waals surface area contributed by atoms with E-state index in [1.165, 1.54) is 0 Å². The molecule has 0 unspecified atom stereocenters. The summed E-state index contributed by atoms with van der Waals surface area (Å²) in [4.78, 5) is 11.0. The van der Waals surface area contributed by atoms with Crippen molar-refractivity contribution >= 4 is 17.6 Å². The quantitative estimate of drug-likeness (QED) is 0.765. The van der Waals surface area contributed by atoms with Gasteiger partial charge < -0.3 is 5.11 Å². The Labute approximate surface area is 126 Å². The summed E-state index contributed by atoms with van der Waals surface area (Å²) in [7, 11) is 0. The molecule has 0 spiro atoms. The molecule has 1 heterocycles. The van der Waals surface area contributed by atoms with Crippen molar-refractivity contribution in [1.29, 1.82) is 0 Å². The van der Waals surface area contributed by atoms with Gasteiger partial charge in [0, 0.05) is 16.1 Å². The van der Waals surface area contributed by atoms with Crippen LogP contribution < -0.4 is 0 Å². The molecule has 0 fully saturated rings. The molecule has 0 saturated carbocycles. The van der Waals surface area contributed by atoms with Crippen LogP contribution in [-0.4, -0.2) is 21.3 Å². The van der Waals surface area contributed by atoms with Crippen LogP contribution in [0.2, 0.25) is 5.02 Å². The van der Waals surface area contributed by atoms with Crippen molar-refractivity contribution in [2.75, 3.05) is 0 Å². The lowest BCUT2D eigenvalue weighted by atomic mass is 10.1. The molecule has 0 amide bonds. The lowest BCUT2D eigenvalue weighted by Gasteiger charge is -1.99. The van der Waals surface area contributed by atoms with Gasteiger partial charge in [-0.25, -0.2) is 4.79 Å². The Bertz CT molecular complexity index is 811. The second-order valence-corrected chi connectivity index (χ2v) is 5.00. The van der Waals surface area contributed by atoms with Crippen molar-refractivity contribution in [3.63, 3.8) is 0 Å². The molecule has 5 heteroatoms. The molecule has 104 valence electrons. The Morgan fingerprint density at radius 1 is 1.05 bits per heavy atom. The van der Waals surface area contributed by atoms with E-state index >= 15 is 0 Å². The van der Waals surface area contributed by atoms with E-state index in [-0.39, 0.29) is 5.56 Å². The van der Waals surface area contributed by atoms with Gasteiger partial charge in [-0.1, -0.05) is 35.9 Å². The van der Waals surface area contributed by atoms with E-state index in [1.807, 2.05) is 30.3 Å². The highest BCUT2D eigenvalue weighted by molar-refractivity contribution is 6.30. The SMILES string of the molecule is O=C(O)c1cccc(-c2cc(-c3cccc(Cl)c3)n[nH]2)c1. The molecule has 0 bridgehead atoms. The number of hydrogen-bond acceptors (Lipinski definition) is 2. The third-order valence-electron chi connectivity index (χ3n) is 3.12. The van der Waals surface area contributed by atoms with Gasteiger partial charge in [-0.3, -0.25) is 5.10 Å². The number of hydrogen-bond donors (Lipinski definition) is 2. The summed E-state index contributed by atoms with van der Waals surface area (Å²) in [6.45, 7) is 0. The minimum absolute atomic E-state index is 0.242. The number of nitrogens with one attached hydrogen (secondary N) is 1. The largest absolute Gasteiger partial charge is 0.478 e. The number of carboxylic acids is 1. The highest BCUT2D eigenvalue weighted by Gasteiger charge is 2.09. The predicted octanol–water partition coefficient (Wildman–Crippen LogP) is 4.10.